The van der Waals surface area contributed by atoms with E-state index in [2.05, 4.69) is 10.6 Å². The molecule has 2 amide bonds. The van der Waals surface area contributed by atoms with Crippen molar-refractivity contribution in [2.24, 2.45) is 5.92 Å². The molecular formula is C18H26N2O3. The van der Waals surface area contributed by atoms with Crippen molar-refractivity contribution in [3.8, 4) is 0 Å². The maximum absolute atomic E-state index is 12.0. The predicted molar refractivity (Wildman–Crippen MR) is 89.0 cm³/mol. The highest BCUT2D eigenvalue weighted by Gasteiger charge is 2.23. The fourth-order valence-electron chi connectivity index (χ4n) is 3.03. The standard InChI is InChI=1S/C18H26N2O3/c1-13(20-18(23)15-9-3-2-4-10-15)11-17(22)19-12-16(21)14-7-5-6-8-14/h2-4,9-10,13-14,16,21H,5-8,11-12H2,1H3,(H,19,22)(H,20,23). The number of rotatable bonds is 7. The second-order valence-electron chi connectivity index (χ2n) is 6.36. The molecule has 0 saturated heterocycles. The van der Waals surface area contributed by atoms with Gasteiger partial charge >= 0.3 is 0 Å². The van der Waals surface area contributed by atoms with E-state index in [-0.39, 0.29) is 24.3 Å². The van der Waals surface area contributed by atoms with Crippen LogP contribution >= 0.6 is 0 Å². The minimum absolute atomic E-state index is 0.150. The number of carbonyl (C=O) groups excluding carboxylic acids is 2. The first-order valence-electron chi connectivity index (χ1n) is 8.37. The van der Waals surface area contributed by atoms with Crippen LogP contribution in [0.25, 0.3) is 0 Å². The number of aliphatic hydroxyl groups is 1. The number of aliphatic hydroxyl groups excluding tert-OH is 1. The molecule has 2 unspecified atom stereocenters. The third-order valence-corrected chi connectivity index (χ3v) is 4.36. The van der Waals surface area contributed by atoms with E-state index in [1.165, 1.54) is 0 Å². The lowest BCUT2D eigenvalue weighted by atomic mass is 10.0. The molecule has 0 radical (unpaired) electrons. The van der Waals surface area contributed by atoms with Crippen molar-refractivity contribution >= 4 is 11.8 Å². The van der Waals surface area contributed by atoms with Gasteiger partial charge in [0.05, 0.1) is 6.10 Å². The van der Waals surface area contributed by atoms with E-state index in [0.717, 1.165) is 25.7 Å². The van der Waals surface area contributed by atoms with Crippen LogP contribution < -0.4 is 10.6 Å². The lowest BCUT2D eigenvalue weighted by Gasteiger charge is -2.19. The van der Waals surface area contributed by atoms with E-state index < -0.39 is 6.10 Å². The van der Waals surface area contributed by atoms with Gasteiger partial charge < -0.3 is 15.7 Å². The Labute approximate surface area is 137 Å². The maximum Gasteiger partial charge on any atom is 0.251 e. The van der Waals surface area contributed by atoms with Gasteiger partial charge in [-0.05, 0) is 37.8 Å². The monoisotopic (exact) mass is 318 g/mol. The summed E-state index contributed by atoms with van der Waals surface area (Å²) in [5, 5.41) is 15.6. The molecule has 126 valence electrons. The topological polar surface area (TPSA) is 78.4 Å². The first-order valence-corrected chi connectivity index (χ1v) is 8.37. The summed E-state index contributed by atoms with van der Waals surface area (Å²) in [6.45, 7) is 2.09. The fourth-order valence-corrected chi connectivity index (χ4v) is 3.03. The Hall–Kier alpha value is -1.88. The molecule has 5 nitrogen and oxygen atoms in total. The molecule has 0 aliphatic heterocycles. The molecule has 3 N–H and O–H groups in total. The smallest absolute Gasteiger partial charge is 0.251 e. The van der Waals surface area contributed by atoms with Gasteiger partial charge in [-0.15, -0.1) is 0 Å². The lowest BCUT2D eigenvalue weighted by molar-refractivity contribution is -0.122. The first kappa shape index (κ1) is 17.5. The van der Waals surface area contributed by atoms with E-state index in [1.807, 2.05) is 6.07 Å². The van der Waals surface area contributed by atoms with Crippen LogP contribution in [0.1, 0.15) is 49.4 Å². The van der Waals surface area contributed by atoms with Crippen LogP contribution in [0.15, 0.2) is 30.3 Å². The molecule has 1 aromatic carbocycles. The van der Waals surface area contributed by atoms with E-state index in [4.69, 9.17) is 0 Å². The highest BCUT2D eigenvalue weighted by atomic mass is 16.3. The van der Waals surface area contributed by atoms with Crippen LogP contribution in [-0.2, 0) is 4.79 Å². The van der Waals surface area contributed by atoms with Gasteiger partial charge in [-0.3, -0.25) is 9.59 Å². The van der Waals surface area contributed by atoms with Crippen molar-refractivity contribution in [3.63, 3.8) is 0 Å². The van der Waals surface area contributed by atoms with E-state index >= 15 is 0 Å². The van der Waals surface area contributed by atoms with Gasteiger partial charge in [0, 0.05) is 24.6 Å². The molecule has 2 atom stereocenters. The zero-order chi connectivity index (χ0) is 16.7. The molecule has 23 heavy (non-hydrogen) atoms. The summed E-state index contributed by atoms with van der Waals surface area (Å²) in [4.78, 5) is 23.9. The molecule has 1 aliphatic rings. The van der Waals surface area contributed by atoms with Crippen LogP contribution in [0.4, 0.5) is 0 Å². The Bertz CT molecular complexity index is 512. The van der Waals surface area contributed by atoms with Crippen molar-refractivity contribution < 1.29 is 14.7 Å². The number of hydrogen-bond donors (Lipinski definition) is 3. The molecule has 1 aromatic rings. The summed E-state index contributed by atoms with van der Waals surface area (Å²) in [5.41, 5.74) is 0.580. The van der Waals surface area contributed by atoms with Gasteiger partial charge in [-0.1, -0.05) is 31.0 Å². The number of carbonyl (C=O) groups is 2. The minimum Gasteiger partial charge on any atom is -0.391 e. The Balaban J connectivity index is 1.69. The third-order valence-electron chi connectivity index (χ3n) is 4.36. The average Bonchev–Trinajstić information content (AvgIpc) is 3.07. The van der Waals surface area contributed by atoms with Crippen molar-refractivity contribution in [2.45, 2.75) is 51.2 Å². The molecule has 2 rings (SSSR count). The molecule has 1 aliphatic carbocycles. The largest absolute Gasteiger partial charge is 0.391 e. The third kappa shape index (κ3) is 5.67. The number of hydrogen-bond acceptors (Lipinski definition) is 3. The Morgan fingerprint density at radius 3 is 2.52 bits per heavy atom. The van der Waals surface area contributed by atoms with Gasteiger partial charge in [0.25, 0.3) is 5.91 Å². The molecule has 0 heterocycles. The van der Waals surface area contributed by atoms with Crippen LogP contribution in [0.3, 0.4) is 0 Å². The molecular weight excluding hydrogens is 292 g/mol. The predicted octanol–water partition coefficient (Wildman–Crippen LogP) is 1.86. The summed E-state index contributed by atoms with van der Waals surface area (Å²) >= 11 is 0. The van der Waals surface area contributed by atoms with Crippen molar-refractivity contribution in [1.29, 1.82) is 0 Å². The quantitative estimate of drug-likeness (QED) is 0.718. The zero-order valence-electron chi connectivity index (χ0n) is 13.6. The second-order valence-corrected chi connectivity index (χ2v) is 6.36. The summed E-state index contributed by atoms with van der Waals surface area (Å²) in [6.07, 6.45) is 4.16. The SMILES string of the molecule is CC(CC(=O)NCC(O)C1CCCC1)NC(=O)c1ccccc1. The Morgan fingerprint density at radius 2 is 1.87 bits per heavy atom. The van der Waals surface area contributed by atoms with Crippen LogP contribution in [0.2, 0.25) is 0 Å². The zero-order valence-corrected chi connectivity index (χ0v) is 13.6. The summed E-state index contributed by atoms with van der Waals surface area (Å²) in [6, 6.07) is 8.67. The molecule has 0 spiro atoms. The van der Waals surface area contributed by atoms with Crippen LogP contribution in [-0.4, -0.2) is 35.6 Å². The van der Waals surface area contributed by atoms with Crippen LogP contribution in [0.5, 0.6) is 0 Å². The van der Waals surface area contributed by atoms with Gasteiger partial charge in [-0.25, -0.2) is 0 Å². The lowest BCUT2D eigenvalue weighted by Crippen LogP contribution is -2.40. The average molecular weight is 318 g/mol. The number of benzene rings is 1. The first-order chi connectivity index (χ1) is 11.1. The van der Waals surface area contributed by atoms with Gasteiger partial charge in [0.15, 0.2) is 0 Å². The fraction of sp³-hybridized carbons (Fsp3) is 0.556. The summed E-state index contributed by atoms with van der Waals surface area (Å²) in [5.74, 6) is -0.0229. The van der Waals surface area contributed by atoms with Crippen molar-refractivity contribution in [1.82, 2.24) is 10.6 Å². The molecule has 0 aromatic heterocycles. The van der Waals surface area contributed by atoms with Gasteiger partial charge in [0.2, 0.25) is 5.91 Å². The molecule has 0 bridgehead atoms. The minimum atomic E-state index is -0.462. The normalized spacial score (nSPS) is 17.5. The van der Waals surface area contributed by atoms with Gasteiger partial charge in [0.1, 0.15) is 0 Å². The Kier molecular flexibility index (Phi) is 6.59. The number of amides is 2. The molecule has 1 fully saturated rings. The van der Waals surface area contributed by atoms with E-state index in [9.17, 15) is 14.7 Å². The summed E-state index contributed by atoms with van der Waals surface area (Å²) in [7, 11) is 0. The molecule has 1 saturated carbocycles. The highest BCUT2D eigenvalue weighted by molar-refractivity contribution is 5.94. The Morgan fingerprint density at radius 1 is 1.22 bits per heavy atom. The number of nitrogens with one attached hydrogen (secondary N) is 2. The van der Waals surface area contributed by atoms with Crippen molar-refractivity contribution in [3.05, 3.63) is 35.9 Å². The second kappa shape index (κ2) is 8.67. The maximum atomic E-state index is 12.0. The van der Waals surface area contributed by atoms with E-state index in [0.29, 0.717) is 18.0 Å². The summed E-state index contributed by atoms with van der Waals surface area (Å²) < 4.78 is 0. The van der Waals surface area contributed by atoms with Crippen LogP contribution in [0, 0.1) is 5.92 Å². The van der Waals surface area contributed by atoms with Crippen molar-refractivity contribution in [2.75, 3.05) is 6.54 Å². The van der Waals surface area contributed by atoms with E-state index in [1.54, 1.807) is 31.2 Å². The highest BCUT2D eigenvalue weighted by Crippen LogP contribution is 2.27. The molecule has 5 heteroatoms. The van der Waals surface area contributed by atoms with Gasteiger partial charge in [-0.2, -0.15) is 0 Å².